The molecule has 1 saturated heterocycles. The lowest BCUT2D eigenvalue weighted by Crippen LogP contribution is -2.20. The van der Waals surface area contributed by atoms with Gasteiger partial charge in [-0.2, -0.15) is 4.98 Å². The maximum absolute atomic E-state index is 9.55. The molecule has 110 valence electrons. The van der Waals surface area contributed by atoms with Crippen LogP contribution in [0.1, 0.15) is 35.7 Å². The Morgan fingerprint density at radius 1 is 1.29 bits per heavy atom. The first kappa shape index (κ1) is 12.8. The van der Waals surface area contributed by atoms with Crippen molar-refractivity contribution in [3.05, 3.63) is 41.5 Å². The van der Waals surface area contributed by atoms with Crippen LogP contribution in [0.2, 0.25) is 0 Å². The van der Waals surface area contributed by atoms with E-state index in [1.807, 2.05) is 18.2 Å². The number of aromatic nitrogens is 2. The molecule has 21 heavy (non-hydrogen) atoms. The standard InChI is InChI=1S/C15H17N3O3/c19-11-6-12(16-7-11)15-17-14(18-21-15)10-5-9-3-1-2-4-13(9)20-8-10/h1-4,10-12,16,19H,5-8H2/t10?,11?,12-/m0/s1. The Bertz CT molecular complexity index is 643. The number of rotatable bonds is 2. The van der Waals surface area contributed by atoms with Crippen LogP contribution in [0.3, 0.4) is 0 Å². The lowest BCUT2D eigenvalue weighted by molar-refractivity contribution is 0.191. The molecular weight excluding hydrogens is 270 g/mol. The van der Waals surface area contributed by atoms with Gasteiger partial charge in [-0.15, -0.1) is 0 Å². The predicted octanol–water partition coefficient (Wildman–Crippen LogP) is 1.18. The molecule has 2 aliphatic rings. The number of aliphatic hydroxyl groups is 1. The van der Waals surface area contributed by atoms with Gasteiger partial charge in [-0.1, -0.05) is 23.4 Å². The van der Waals surface area contributed by atoms with E-state index in [9.17, 15) is 5.11 Å². The maximum Gasteiger partial charge on any atom is 0.243 e. The molecule has 0 amide bonds. The first-order chi connectivity index (χ1) is 10.3. The number of fused-ring (bicyclic) bond motifs is 1. The lowest BCUT2D eigenvalue weighted by atomic mass is 9.96. The Hall–Kier alpha value is -1.92. The van der Waals surface area contributed by atoms with E-state index in [0.717, 1.165) is 12.2 Å². The summed E-state index contributed by atoms with van der Waals surface area (Å²) in [7, 11) is 0. The van der Waals surface area contributed by atoms with E-state index in [-0.39, 0.29) is 18.1 Å². The zero-order valence-corrected chi connectivity index (χ0v) is 11.5. The Balaban J connectivity index is 1.52. The molecule has 0 radical (unpaired) electrons. The van der Waals surface area contributed by atoms with Crippen molar-refractivity contribution in [2.24, 2.45) is 0 Å². The molecule has 6 nitrogen and oxygen atoms in total. The van der Waals surface area contributed by atoms with Crippen molar-refractivity contribution in [1.82, 2.24) is 15.5 Å². The van der Waals surface area contributed by atoms with Crippen LogP contribution in [-0.4, -0.2) is 34.5 Å². The van der Waals surface area contributed by atoms with E-state index in [1.54, 1.807) is 0 Å². The smallest absolute Gasteiger partial charge is 0.243 e. The molecule has 3 atom stereocenters. The second-order valence-electron chi connectivity index (χ2n) is 5.66. The summed E-state index contributed by atoms with van der Waals surface area (Å²) in [6.45, 7) is 1.14. The van der Waals surface area contributed by atoms with Crippen LogP contribution in [-0.2, 0) is 6.42 Å². The first-order valence-electron chi connectivity index (χ1n) is 7.25. The number of benzene rings is 1. The molecule has 2 N–H and O–H groups in total. The summed E-state index contributed by atoms with van der Waals surface area (Å²) >= 11 is 0. The summed E-state index contributed by atoms with van der Waals surface area (Å²) in [5, 5.41) is 16.8. The fourth-order valence-electron chi connectivity index (χ4n) is 2.95. The van der Waals surface area contributed by atoms with Gasteiger partial charge in [0.2, 0.25) is 5.89 Å². The molecule has 1 fully saturated rings. The number of aliphatic hydroxyl groups excluding tert-OH is 1. The van der Waals surface area contributed by atoms with Gasteiger partial charge in [-0.05, 0) is 24.5 Å². The SMILES string of the molecule is OC1CN[C@H](c2nc(C3COc4ccccc4C3)no2)C1. The van der Waals surface area contributed by atoms with Gasteiger partial charge in [0.15, 0.2) is 5.82 Å². The van der Waals surface area contributed by atoms with Gasteiger partial charge < -0.3 is 19.7 Å². The van der Waals surface area contributed by atoms with Crippen molar-refractivity contribution < 1.29 is 14.4 Å². The van der Waals surface area contributed by atoms with Crippen LogP contribution in [0.5, 0.6) is 5.75 Å². The second-order valence-corrected chi connectivity index (χ2v) is 5.66. The number of nitrogens with zero attached hydrogens (tertiary/aromatic N) is 2. The number of nitrogens with one attached hydrogen (secondary N) is 1. The van der Waals surface area contributed by atoms with Crippen LogP contribution in [0.15, 0.2) is 28.8 Å². The van der Waals surface area contributed by atoms with E-state index in [2.05, 4.69) is 21.5 Å². The molecule has 1 aromatic heterocycles. The third kappa shape index (κ3) is 2.41. The quantitative estimate of drug-likeness (QED) is 0.863. The van der Waals surface area contributed by atoms with Crippen molar-refractivity contribution in [2.75, 3.05) is 13.2 Å². The average Bonchev–Trinajstić information content (AvgIpc) is 3.15. The van der Waals surface area contributed by atoms with E-state index in [4.69, 9.17) is 9.26 Å². The minimum Gasteiger partial charge on any atom is -0.493 e. The molecule has 2 unspecified atom stereocenters. The number of β-amino-alcohol motifs (C(OH)–C–C–N with tert-alkyl or cyclic N) is 1. The molecule has 3 heterocycles. The highest BCUT2D eigenvalue weighted by Crippen LogP contribution is 2.32. The number of hydrogen-bond acceptors (Lipinski definition) is 6. The van der Waals surface area contributed by atoms with Gasteiger partial charge in [-0.25, -0.2) is 0 Å². The lowest BCUT2D eigenvalue weighted by Gasteiger charge is -2.22. The molecular formula is C15H17N3O3. The van der Waals surface area contributed by atoms with Gasteiger partial charge in [-0.3, -0.25) is 0 Å². The van der Waals surface area contributed by atoms with Crippen molar-refractivity contribution >= 4 is 0 Å². The molecule has 0 aliphatic carbocycles. The summed E-state index contributed by atoms with van der Waals surface area (Å²) < 4.78 is 11.1. The normalized spacial score (nSPS) is 28.1. The van der Waals surface area contributed by atoms with Crippen LogP contribution in [0, 0.1) is 0 Å². The average molecular weight is 287 g/mol. The van der Waals surface area contributed by atoms with E-state index in [1.165, 1.54) is 5.56 Å². The molecule has 0 saturated carbocycles. The Morgan fingerprint density at radius 2 is 2.19 bits per heavy atom. The maximum atomic E-state index is 9.55. The summed E-state index contributed by atoms with van der Waals surface area (Å²) in [6, 6.07) is 7.99. The Kier molecular flexibility index (Phi) is 3.12. The third-order valence-electron chi connectivity index (χ3n) is 4.11. The number of ether oxygens (including phenoxy) is 1. The molecule has 2 aromatic rings. The summed E-state index contributed by atoms with van der Waals surface area (Å²) in [5.41, 5.74) is 1.18. The van der Waals surface area contributed by atoms with Crippen LogP contribution in [0.25, 0.3) is 0 Å². The number of hydrogen-bond donors (Lipinski definition) is 2. The van der Waals surface area contributed by atoms with E-state index >= 15 is 0 Å². The van der Waals surface area contributed by atoms with Gasteiger partial charge in [0.05, 0.1) is 24.7 Å². The summed E-state index contributed by atoms with van der Waals surface area (Å²) in [5.74, 6) is 2.30. The molecule has 2 aliphatic heterocycles. The predicted molar refractivity (Wildman–Crippen MR) is 74.0 cm³/mol. The number of para-hydroxylation sites is 1. The van der Waals surface area contributed by atoms with Gasteiger partial charge in [0.1, 0.15) is 5.75 Å². The highest BCUT2D eigenvalue weighted by Gasteiger charge is 2.30. The Labute approximate surface area is 122 Å². The van der Waals surface area contributed by atoms with Crippen molar-refractivity contribution in [2.45, 2.75) is 30.9 Å². The molecule has 4 rings (SSSR count). The van der Waals surface area contributed by atoms with Crippen molar-refractivity contribution in [3.8, 4) is 5.75 Å². The van der Waals surface area contributed by atoms with Crippen molar-refractivity contribution in [1.29, 1.82) is 0 Å². The highest BCUT2D eigenvalue weighted by atomic mass is 16.5. The van der Waals surface area contributed by atoms with Gasteiger partial charge in [0, 0.05) is 6.54 Å². The van der Waals surface area contributed by atoms with Gasteiger partial charge >= 0.3 is 0 Å². The van der Waals surface area contributed by atoms with Gasteiger partial charge in [0.25, 0.3) is 0 Å². The zero-order chi connectivity index (χ0) is 14.2. The topological polar surface area (TPSA) is 80.4 Å². The summed E-state index contributed by atoms with van der Waals surface area (Å²) in [4.78, 5) is 4.49. The van der Waals surface area contributed by atoms with E-state index < -0.39 is 0 Å². The summed E-state index contributed by atoms with van der Waals surface area (Å²) in [6.07, 6.45) is 1.14. The molecule has 0 spiro atoms. The largest absolute Gasteiger partial charge is 0.493 e. The molecule has 1 aromatic carbocycles. The van der Waals surface area contributed by atoms with E-state index in [0.29, 0.717) is 31.3 Å². The van der Waals surface area contributed by atoms with Crippen LogP contribution < -0.4 is 10.1 Å². The first-order valence-corrected chi connectivity index (χ1v) is 7.25. The second kappa shape index (κ2) is 5.13. The minimum atomic E-state index is -0.338. The Morgan fingerprint density at radius 3 is 3.05 bits per heavy atom. The fourth-order valence-corrected chi connectivity index (χ4v) is 2.95. The monoisotopic (exact) mass is 287 g/mol. The third-order valence-corrected chi connectivity index (χ3v) is 4.11. The van der Waals surface area contributed by atoms with Crippen LogP contribution >= 0.6 is 0 Å². The molecule has 6 heteroatoms. The zero-order valence-electron chi connectivity index (χ0n) is 11.5. The van der Waals surface area contributed by atoms with Crippen molar-refractivity contribution in [3.63, 3.8) is 0 Å². The molecule has 0 bridgehead atoms. The fraction of sp³-hybridized carbons (Fsp3) is 0.467. The highest BCUT2D eigenvalue weighted by molar-refractivity contribution is 5.36. The van der Waals surface area contributed by atoms with Crippen LogP contribution in [0.4, 0.5) is 0 Å². The minimum absolute atomic E-state index is 0.0435.